The van der Waals surface area contributed by atoms with Crippen molar-refractivity contribution in [2.75, 3.05) is 7.11 Å². The van der Waals surface area contributed by atoms with Gasteiger partial charge in [-0.2, -0.15) is 0 Å². The second-order valence-electron chi connectivity index (χ2n) is 5.92. The van der Waals surface area contributed by atoms with Gasteiger partial charge in [0.2, 0.25) is 11.6 Å². The topological polar surface area (TPSA) is 158 Å². The Balaban J connectivity index is 2.36. The Kier molecular flexibility index (Phi) is 3.68. The summed E-state index contributed by atoms with van der Waals surface area (Å²) in [5, 5.41) is 0. The SMILES string of the molecule is CO[C@@H]1c2c(CS(=O)(=O)[O-])c3c(n2C[C@@H]1N)C(=O)C(C)=C(N)C3=O. The van der Waals surface area contributed by atoms with Crippen molar-refractivity contribution in [1.29, 1.82) is 0 Å². The quantitative estimate of drug-likeness (QED) is 0.666. The zero-order valence-electron chi connectivity index (χ0n) is 13.0. The van der Waals surface area contributed by atoms with Crippen LogP contribution in [0.3, 0.4) is 0 Å². The molecule has 0 spiro atoms. The number of ether oxygens (including phenoxy) is 1. The first kappa shape index (κ1) is 16.8. The summed E-state index contributed by atoms with van der Waals surface area (Å²) in [4.78, 5) is 25.1. The Bertz CT molecular complexity index is 911. The molecule has 0 unspecified atom stereocenters. The summed E-state index contributed by atoms with van der Waals surface area (Å²) < 4.78 is 40.7. The number of hydrogen-bond acceptors (Lipinski definition) is 8. The van der Waals surface area contributed by atoms with Gasteiger partial charge in [-0.15, -0.1) is 0 Å². The van der Waals surface area contributed by atoms with Crippen LogP contribution in [-0.2, 0) is 27.2 Å². The molecular formula is C14H16N3O6S-. The molecule has 1 aliphatic heterocycles. The molecule has 2 aliphatic rings. The molecule has 1 aromatic rings. The zero-order chi connectivity index (χ0) is 18.0. The van der Waals surface area contributed by atoms with E-state index < -0.39 is 39.6 Å². The first-order valence-electron chi connectivity index (χ1n) is 7.11. The van der Waals surface area contributed by atoms with E-state index in [2.05, 4.69) is 0 Å². The van der Waals surface area contributed by atoms with Crippen LogP contribution >= 0.6 is 0 Å². The van der Waals surface area contributed by atoms with Gasteiger partial charge in [-0.1, -0.05) is 0 Å². The number of methoxy groups -OCH3 is 1. The summed E-state index contributed by atoms with van der Waals surface area (Å²) in [6.07, 6.45) is -0.727. The number of ketones is 2. The van der Waals surface area contributed by atoms with Gasteiger partial charge in [0.15, 0.2) is 0 Å². The lowest BCUT2D eigenvalue weighted by Crippen LogP contribution is -2.31. The molecule has 0 radical (unpaired) electrons. The Hall–Kier alpha value is -2.01. The van der Waals surface area contributed by atoms with Crippen LogP contribution in [0.4, 0.5) is 0 Å². The van der Waals surface area contributed by atoms with E-state index in [4.69, 9.17) is 16.2 Å². The van der Waals surface area contributed by atoms with Crippen LogP contribution in [0.25, 0.3) is 0 Å². The van der Waals surface area contributed by atoms with Crippen molar-refractivity contribution in [3.05, 3.63) is 33.8 Å². The Morgan fingerprint density at radius 2 is 1.96 bits per heavy atom. The van der Waals surface area contributed by atoms with E-state index in [-0.39, 0.29) is 40.3 Å². The van der Waals surface area contributed by atoms with Crippen molar-refractivity contribution < 1.29 is 27.3 Å². The molecule has 3 rings (SSSR count). The highest BCUT2D eigenvalue weighted by molar-refractivity contribution is 7.84. The van der Waals surface area contributed by atoms with Crippen LogP contribution in [0, 0.1) is 0 Å². The molecule has 0 saturated heterocycles. The number of allylic oxidation sites excluding steroid dienone is 2. The number of carbonyl (C=O) groups is 2. The van der Waals surface area contributed by atoms with Gasteiger partial charge in [0.05, 0.1) is 38.9 Å². The summed E-state index contributed by atoms with van der Waals surface area (Å²) in [6.45, 7) is 1.59. The zero-order valence-corrected chi connectivity index (χ0v) is 13.8. The molecule has 1 aromatic heterocycles. The largest absolute Gasteiger partial charge is 0.748 e. The molecular weight excluding hydrogens is 338 g/mol. The maximum atomic E-state index is 12.6. The Morgan fingerprint density at radius 1 is 1.33 bits per heavy atom. The van der Waals surface area contributed by atoms with E-state index in [0.717, 1.165) is 0 Å². The number of rotatable bonds is 3. The highest BCUT2D eigenvalue weighted by Crippen LogP contribution is 2.40. The molecule has 10 heteroatoms. The van der Waals surface area contributed by atoms with Gasteiger partial charge in [-0.3, -0.25) is 9.59 Å². The molecule has 0 saturated carbocycles. The second-order valence-corrected chi connectivity index (χ2v) is 7.32. The predicted octanol–water partition coefficient (Wildman–Crippen LogP) is -0.827. The molecule has 130 valence electrons. The van der Waals surface area contributed by atoms with Gasteiger partial charge >= 0.3 is 0 Å². The van der Waals surface area contributed by atoms with Gasteiger partial charge in [-0.05, 0) is 6.92 Å². The Morgan fingerprint density at radius 3 is 2.50 bits per heavy atom. The maximum absolute atomic E-state index is 12.6. The van der Waals surface area contributed by atoms with Gasteiger partial charge < -0.3 is 25.3 Å². The monoisotopic (exact) mass is 354 g/mol. The van der Waals surface area contributed by atoms with Gasteiger partial charge in [0.25, 0.3) is 0 Å². The van der Waals surface area contributed by atoms with Gasteiger partial charge in [0.1, 0.15) is 11.8 Å². The molecule has 0 bridgehead atoms. The predicted molar refractivity (Wildman–Crippen MR) is 81.1 cm³/mol. The van der Waals surface area contributed by atoms with Crippen molar-refractivity contribution in [2.24, 2.45) is 11.5 Å². The first-order valence-corrected chi connectivity index (χ1v) is 8.69. The van der Waals surface area contributed by atoms with E-state index in [0.29, 0.717) is 0 Å². The van der Waals surface area contributed by atoms with E-state index in [1.54, 1.807) is 0 Å². The van der Waals surface area contributed by atoms with E-state index in [1.165, 1.54) is 18.6 Å². The fraction of sp³-hybridized carbons (Fsp3) is 0.429. The number of nitrogens with zero attached hydrogens (tertiary/aromatic N) is 1. The summed E-state index contributed by atoms with van der Waals surface area (Å²) in [7, 11) is -3.33. The second kappa shape index (κ2) is 5.24. The smallest absolute Gasteiger partial charge is 0.211 e. The third-order valence-corrected chi connectivity index (χ3v) is 5.11. The van der Waals surface area contributed by atoms with E-state index in [9.17, 15) is 22.6 Å². The average Bonchev–Trinajstić information content (AvgIpc) is 2.95. The number of nitrogens with two attached hydrogens (primary N) is 2. The molecule has 1 aliphatic carbocycles. The van der Waals surface area contributed by atoms with E-state index >= 15 is 0 Å². The van der Waals surface area contributed by atoms with E-state index in [1.807, 2.05) is 0 Å². The van der Waals surface area contributed by atoms with Crippen LogP contribution in [0.15, 0.2) is 11.3 Å². The van der Waals surface area contributed by atoms with Gasteiger partial charge in [0, 0.05) is 24.8 Å². The number of fused-ring (bicyclic) bond motifs is 3. The third-order valence-electron chi connectivity index (χ3n) is 4.47. The lowest BCUT2D eigenvalue weighted by atomic mass is 9.90. The fourth-order valence-corrected chi connectivity index (χ4v) is 4.05. The molecule has 0 amide bonds. The first-order chi connectivity index (χ1) is 11.1. The van der Waals surface area contributed by atoms with Crippen LogP contribution in [0.2, 0.25) is 0 Å². The number of aromatic nitrogens is 1. The van der Waals surface area contributed by atoms with Crippen molar-refractivity contribution >= 4 is 21.7 Å². The highest BCUT2D eigenvalue weighted by Gasteiger charge is 2.44. The molecule has 0 aromatic carbocycles. The lowest BCUT2D eigenvalue weighted by molar-refractivity contribution is 0.0894. The Labute approximate surface area is 138 Å². The molecule has 2 atom stereocenters. The number of carbonyl (C=O) groups excluding carboxylic acids is 2. The number of Topliss-reactive ketones (excluding diaryl/α,β-unsaturated/α-hetero) is 2. The normalized spacial score (nSPS) is 23.7. The standard InChI is InChI=1S/C14H17N3O6S/c1-5-9(16)13(19)8-6(4-24(20,21)22)10-14(23-2)7(15)3-17(10)11(8)12(5)18/h7,14H,3-4,15-16H2,1-2H3,(H,20,21,22)/p-1/t7-,14-/m0/s1. The minimum Gasteiger partial charge on any atom is -0.748 e. The summed E-state index contributed by atoms with van der Waals surface area (Å²) >= 11 is 0. The van der Waals surface area contributed by atoms with Crippen molar-refractivity contribution in [3.63, 3.8) is 0 Å². The van der Waals surface area contributed by atoms with Crippen LogP contribution < -0.4 is 11.5 Å². The van der Waals surface area contributed by atoms with Gasteiger partial charge in [-0.25, -0.2) is 8.42 Å². The van der Waals surface area contributed by atoms with Crippen molar-refractivity contribution in [1.82, 2.24) is 4.57 Å². The molecule has 4 N–H and O–H groups in total. The minimum absolute atomic E-state index is 0.0235. The molecule has 0 fully saturated rings. The summed E-state index contributed by atoms with van der Waals surface area (Å²) in [5.41, 5.74) is 11.6. The average molecular weight is 354 g/mol. The summed E-state index contributed by atoms with van der Waals surface area (Å²) in [6, 6.07) is -0.533. The molecule has 24 heavy (non-hydrogen) atoms. The lowest BCUT2D eigenvalue weighted by Gasteiger charge is -2.19. The number of hydrogen-bond donors (Lipinski definition) is 2. The van der Waals surface area contributed by atoms with Crippen LogP contribution in [-0.4, -0.2) is 42.3 Å². The highest BCUT2D eigenvalue weighted by atomic mass is 32.2. The van der Waals surface area contributed by atoms with Crippen molar-refractivity contribution in [2.45, 2.75) is 31.4 Å². The van der Waals surface area contributed by atoms with Crippen molar-refractivity contribution in [3.8, 4) is 0 Å². The minimum atomic E-state index is -4.70. The van der Waals surface area contributed by atoms with Crippen LogP contribution in [0.1, 0.15) is 45.1 Å². The molecule has 9 nitrogen and oxygen atoms in total. The molecule has 2 heterocycles. The third kappa shape index (κ3) is 2.22. The maximum Gasteiger partial charge on any atom is 0.211 e. The fourth-order valence-electron chi connectivity index (χ4n) is 3.41. The van der Waals surface area contributed by atoms with Crippen LogP contribution in [0.5, 0.6) is 0 Å². The summed E-state index contributed by atoms with van der Waals surface area (Å²) in [5.74, 6) is -2.08.